The summed E-state index contributed by atoms with van der Waals surface area (Å²) in [5, 5.41) is 0. The molecule has 2 rings (SSSR count). The summed E-state index contributed by atoms with van der Waals surface area (Å²) in [6, 6.07) is 10.1. The molecule has 0 aliphatic heterocycles. The number of hydrogen-bond acceptors (Lipinski definition) is 4. The highest BCUT2D eigenvalue weighted by atomic mass is 19.1. The zero-order valence-electron chi connectivity index (χ0n) is 11.8. The van der Waals surface area contributed by atoms with Crippen molar-refractivity contribution in [3.63, 3.8) is 0 Å². The maximum absolute atomic E-state index is 13.5. The Balaban J connectivity index is 2.00. The molecule has 0 unspecified atom stereocenters. The van der Waals surface area contributed by atoms with Gasteiger partial charge < -0.3 is 15.2 Å². The molecule has 0 heterocycles. The largest absolute Gasteiger partial charge is 0.494 e. The number of nitrogens with two attached hydrogens (primary N) is 1. The molecular formula is C16H14FNO4. The second-order valence-electron chi connectivity index (χ2n) is 4.49. The van der Waals surface area contributed by atoms with E-state index in [1.54, 1.807) is 6.07 Å². The maximum Gasteiger partial charge on any atom is 0.338 e. The van der Waals surface area contributed by atoms with Crippen LogP contribution in [0.4, 0.5) is 4.39 Å². The number of carbonyl (C=O) groups is 2. The van der Waals surface area contributed by atoms with Crippen LogP contribution in [0.25, 0.3) is 0 Å². The number of amides is 1. The predicted molar refractivity (Wildman–Crippen MR) is 77.0 cm³/mol. The van der Waals surface area contributed by atoms with Gasteiger partial charge in [0.15, 0.2) is 11.6 Å². The van der Waals surface area contributed by atoms with Gasteiger partial charge in [-0.2, -0.15) is 0 Å². The molecule has 1 amide bonds. The van der Waals surface area contributed by atoms with E-state index in [1.165, 1.54) is 43.5 Å². The summed E-state index contributed by atoms with van der Waals surface area (Å²) >= 11 is 0. The SMILES string of the molecule is COc1ccc(COC(=O)c2ccc(C(N)=O)cc2)cc1F. The van der Waals surface area contributed by atoms with Crippen LogP contribution < -0.4 is 10.5 Å². The van der Waals surface area contributed by atoms with Gasteiger partial charge in [-0.1, -0.05) is 6.07 Å². The standard InChI is InChI=1S/C16H14FNO4/c1-21-14-7-2-10(8-13(14)17)9-22-16(20)12-5-3-11(4-6-12)15(18)19/h2-8H,9H2,1H3,(H2,18,19). The fraction of sp³-hybridized carbons (Fsp3) is 0.125. The first-order chi connectivity index (χ1) is 10.5. The molecule has 0 saturated carbocycles. The van der Waals surface area contributed by atoms with Crippen LogP contribution in [0.2, 0.25) is 0 Å². The van der Waals surface area contributed by atoms with Crippen molar-refractivity contribution in [2.45, 2.75) is 6.61 Å². The van der Waals surface area contributed by atoms with E-state index in [9.17, 15) is 14.0 Å². The Hall–Kier alpha value is -2.89. The minimum absolute atomic E-state index is 0.0721. The van der Waals surface area contributed by atoms with Crippen LogP contribution in [0.3, 0.4) is 0 Å². The Bertz CT molecular complexity index is 698. The van der Waals surface area contributed by atoms with E-state index in [0.717, 1.165) is 0 Å². The Morgan fingerprint density at radius 3 is 2.27 bits per heavy atom. The Kier molecular flexibility index (Phi) is 4.73. The first-order valence-electron chi connectivity index (χ1n) is 6.40. The van der Waals surface area contributed by atoms with Crippen LogP contribution in [0.1, 0.15) is 26.3 Å². The number of primary amides is 1. The van der Waals surface area contributed by atoms with E-state index in [2.05, 4.69) is 0 Å². The molecule has 2 aromatic rings. The Morgan fingerprint density at radius 2 is 1.73 bits per heavy atom. The molecule has 0 aliphatic rings. The molecule has 2 aromatic carbocycles. The van der Waals surface area contributed by atoms with Gasteiger partial charge in [-0.15, -0.1) is 0 Å². The van der Waals surface area contributed by atoms with Crippen molar-refractivity contribution in [2.24, 2.45) is 5.73 Å². The minimum Gasteiger partial charge on any atom is -0.494 e. The lowest BCUT2D eigenvalue weighted by Gasteiger charge is -2.07. The van der Waals surface area contributed by atoms with Crippen molar-refractivity contribution in [3.05, 3.63) is 65.0 Å². The van der Waals surface area contributed by atoms with Crippen molar-refractivity contribution in [1.82, 2.24) is 0 Å². The Morgan fingerprint density at radius 1 is 1.09 bits per heavy atom. The van der Waals surface area contributed by atoms with E-state index in [1.807, 2.05) is 0 Å². The third kappa shape index (κ3) is 3.60. The van der Waals surface area contributed by atoms with Crippen LogP contribution >= 0.6 is 0 Å². The molecule has 0 aromatic heterocycles. The highest BCUT2D eigenvalue weighted by Gasteiger charge is 2.10. The van der Waals surface area contributed by atoms with E-state index in [0.29, 0.717) is 11.1 Å². The van der Waals surface area contributed by atoms with Gasteiger partial charge in [0.05, 0.1) is 12.7 Å². The lowest BCUT2D eigenvalue weighted by Crippen LogP contribution is -2.11. The predicted octanol–water partition coefficient (Wildman–Crippen LogP) is 2.29. The summed E-state index contributed by atoms with van der Waals surface area (Å²) in [4.78, 5) is 22.8. The molecule has 6 heteroatoms. The second kappa shape index (κ2) is 6.71. The molecule has 5 nitrogen and oxygen atoms in total. The van der Waals surface area contributed by atoms with Gasteiger partial charge >= 0.3 is 5.97 Å². The van der Waals surface area contributed by atoms with Crippen LogP contribution in [0, 0.1) is 5.82 Å². The van der Waals surface area contributed by atoms with Crippen LogP contribution in [0.15, 0.2) is 42.5 Å². The number of hydrogen-bond donors (Lipinski definition) is 1. The molecule has 2 N–H and O–H groups in total. The maximum atomic E-state index is 13.5. The normalized spacial score (nSPS) is 10.1. The van der Waals surface area contributed by atoms with Gasteiger partial charge in [-0.3, -0.25) is 4.79 Å². The fourth-order valence-corrected chi connectivity index (χ4v) is 1.80. The molecule has 0 aliphatic carbocycles. The van der Waals surface area contributed by atoms with E-state index in [-0.39, 0.29) is 17.9 Å². The van der Waals surface area contributed by atoms with E-state index < -0.39 is 17.7 Å². The van der Waals surface area contributed by atoms with Crippen LogP contribution in [-0.4, -0.2) is 19.0 Å². The average Bonchev–Trinajstić information content (AvgIpc) is 2.52. The summed E-state index contributed by atoms with van der Waals surface area (Å²) < 4.78 is 23.4. The molecule has 0 fully saturated rings. The molecule has 114 valence electrons. The van der Waals surface area contributed by atoms with E-state index in [4.69, 9.17) is 15.2 Å². The molecule has 0 atom stereocenters. The van der Waals surface area contributed by atoms with Gasteiger partial charge in [-0.25, -0.2) is 9.18 Å². The smallest absolute Gasteiger partial charge is 0.338 e. The molecule has 0 spiro atoms. The quantitative estimate of drug-likeness (QED) is 0.860. The van der Waals surface area contributed by atoms with E-state index >= 15 is 0 Å². The fourth-order valence-electron chi connectivity index (χ4n) is 1.80. The van der Waals surface area contributed by atoms with Gasteiger partial charge in [0.25, 0.3) is 0 Å². The van der Waals surface area contributed by atoms with Gasteiger partial charge in [0, 0.05) is 5.56 Å². The first kappa shape index (κ1) is 15.5. The summed E-state index contributed by atoms with van der Waals surface area (Å²) in [7, 11) is 1.37. The molecule has 0 bridgehead atoms. The number of ether oxygens (including phenoxy) is 2. The number of carbonyl (C=O) groups excluding carboxylic acids is 2. The van der Waals surface area contributed by atoms with Gasteiger partial charge in [-0.05, 0) is 42.0 Å². The highest BCUT2D eigenvalue weighted by molar-refractivity contribution is 5.95. The monoisotopic (exact) mass is 303 g/mol. The van der Waals surface area contributed by atoms with Gasteiger partial charge in [0.2, 0.25) is 5.91 Å². The zero-order chi connectivity index (χ0) is 16.1. The molecule has 22 heavy (non-hydrogen) atoms. The Labute approximate surface area is 126 Å². The van der Waals surface area contributed by atoms with Crippen LogP contribution in [-0.2, 0) is 11.3 Å². The molecule has 0 radical (unpaired) electrons. The lowest BCUT2D eigenvalue weighted by atomic mass is 10.1. The van der Waals surface area contributed by atoms with Crippen LogP contribution in [0.5, 0.6) is 5.75 Å². The van der Waals surface area contributed by atoms with Crippen molar-refractivity contribution < 1.29 is 23.5 Å². The van der Waals surface area contributed by atoms with Crippen molar-refractivity contribution in [3.8, 4) is 5.75 Å². The topological polar surface area (TPSA) is 78.6 Å². The van der Waals surface area contributed by atoms with Gasteiger partial charge in [0.1, 0.15) is 6.61 Å². The molecular weight excluding hydrogens is 289 g/mol. The van der Waals surface area contributed by atoms with Crippen molar-refractivity contribution in [2.75, 3.05) is 7.11 Å². The number of halogens is 1. The third-order valence-corrected chi connectivity index (χ3v) is 2.99. The summed E-state index contributed by atoms with van der Waals surface area (Å²) in [6.45, 7) is -0.0721. The first-order valence-corrected chi connectivity index (χ1v) is 6.40. The molecule has 0 saturated heterocycles. The summed E-state index contributed by atoms with van der Waals surface area (Å²) in [5.74, 6) is -1.56. The lowest BCUT2D eigenvalue weighted by molar-refractivity contribution is 0.0472. The average molecular weight is 303 g/mol. The number of methoxy groups -OCH3 is 1. The van der Waals surface area contributed by atoms with Crippen molar-refractivity contribution in [1.29, 1.82) is 0 Å². The zero-order valence-corrected chi connectivity index (χ0v) is 11.8. The summed E-state index contributed by atoms with van der Waals surface area (Å²) in [5.41, 5.74) is 6.19. The minimum atomic E-state index is -0.577. The highest BCUT2D eigenvalue weighted by Crippen LogP contribution is 2.18. The summed E-state index contributed by atoms with van der Waals surface area (Å²) in [6.07, 6.45) is 0. The second-order valence-corrected chi connectivity index (χ2v) is 4.49. The third-order valence-electron chi connectivity index (χ3n) is 2.99. The number of rotatable bonds is 5. The number of benzene rings is 2. The van der Waals surface area contributed by atoms with Crippen molar-refractivity contribution >= 4 is 11.9 Å². The number of esters is 1.